The number of imidazole rings is 1. The zero-order valence-electron chi connectivity index (χ0n) is 13.7. The molecule has 4 bridgehead atoms. The molecule has 4 heteroatoms. The van der Waals surface area contributed by atoms with Crippen molar-refractivity contribution in [3.8, 4) is 11.3 Å². The fourth-order valence-electron chi connectivity index (χ4n) is 5.61. The molecule has 6 rings (SSSR count). The standard InChI is InChI=1S/C20H23N3O/c24-20(15-3-1-14(2-4-15)18-10-21-11-22-18)23-19-16-6-12-5-13(8-16)9-17(19)7-12/h1-4,10-13,16-17,19H,5-9H2,(H,21,22)(H,23,24). The van der Waals surface area contributed by atoms with Gasteiger partial charge in [0.05, 0.1) is 18.2 Å². The smallest absolute Gasteiger partial charge is 0.251 e. The summed E-state index contributed by atoms with van der Waals surface area (Å²) in [7, 11) is 0. The van der Waals surface area contributed by atoms with Gasteiger partial charge in [-0.25, -0.2) is 4.98 Å². The number of benzene rings is 1. The quantitative estimate of drug-likeness (QED) is 0.907. The maximum Gasteiger partial charge on any atom is 0.251 e. The minimum atomic E-state index is 0.0867. The number of hydrogen-bond donors (Lipinski definition) is 2. The van der Waals surface area contributed by atoms with Gasteiger partial charge in [-0.15, -0.1) is 0 Å². The van der Waals surface area contributed by atoms with E-state index in [4.69, 9.17) is 0 Å². The van der Waals surface area contributed by atoms with Gasteiger partial charge in [0.25, 0.3) is 5.91 Å². The Morgan fingerprint density at radius 1 is 1.00 bits per heavy atom. The van der Waals surface area contributed by atoms with Crippen molar-refractivity contribution < 1.29 is 4.79 Å². The molecule has 0 spiro atoms. The third-order valence-electron chi connectivity index (χ3n) is 6.48. The molecule has 0 saturated heterocycles. The highest BCUT2D eigenvalue weighted by molar-refractivity contribution is 5.94. The molecule has 0 radical (unpaired) electrons. The summed E-state index contributed by atoms with van der Waals surface area (Å²) < 4.78 is 0. The summed E-state index contributed by atoms with van der Waals surface area (Å²) in [6.45, 7) is 0. The van der Waals surface area contributed by atoms with Crippen LogP contribution in [0.5, 0.6) is 0 Å². The van der Waals surface area contributed by atoms with Gasteiger partial charge in [-0.05, 0) is 73.5 Å². The highest BCUT2D eigenvalue weighted by atomic mass is 16.1. The summed E-state index contributed by atoms with van der Waals surface area (Å²) in [6, 6.07) is 8.21. The lowest BCUT2D eigenvalue weighted by atomic mass is 9.54. The number of carbonyl (C=O) groups excluding carboxylic acids is 1. The van der Waals surface area contributed by atoms with Gasteiger partial charge in [0, 0.05) is 11.6 Å². The summed E-state index contributed by atoms with van der Waals surface area (Å²) in [4.78, 5) is 19.8. The van der Waals surface area contributed by atoms with Crippen LogP contribution < -0.4 is 5.32 Å². The topological polar surface area (TPSA) is 57.8 Å². The van der Waals surface area contributed by atoms with Crippen LogP contribution in [0.2, 0.25) is 0 Å². The van der Waals surface area contributed by atoms with E-state index in [0.29, 0.717) is 6.04 Å². The SMILES string of the molecule is O=C(NC1C2CC3CC(C2)CC1C3)c1ccc(-c2cnc[nH]2)cc1. The molecule has 24 heavy (non-hydrogen) atoms. The maximum atomic E-state index is 12.7. The fraction of sp³-hybridized carbons (Fsp3) is 0.500. The molecule has 0 atom stereocenters. The molecule has 1 aromatic carbocycles. The Balaban J connectivity index is 1.30. The number of nitrogens with zero attached hydrogens (tertiary/aromatic N) is 1. The van der Waals surface area contributed by atoms with Gasteiger partial charge in [-0.2, -0.15) is 0 Å². The molecule has 4 fully saturated rings. The van der Waals surface area contributed by atoms with Crippen molar-refractivity contribution in [1.82, 2.24) is 15.3 Å². The Labute approximate surface area is 142 Å². The van der Waals surface area contributed by atoms with Crippen molar-refractivity contribution in [2.24, 2.45) is 23.7 Å². The second kappa shape index (κ2) is 5.47. The van der Waals surface area contributed by atoms with Crippen LogP contribution in [-0.2, 0) is 0 Å². The van der Waals surface area contributed by atoms with Crippen molar-refractivity contribution in [1.29, 1.82) is 0 Å². The number of rotatable bonds is 3. The lowest BCUT2D eigenvalue weighted by molar-refractivity contribution is -0.0119. The Hall–Kier alpha value is -2.10. The molecule has 2 N–H and O–H groups in total. The molecule has 1 heterocycles. The van der Waals surface area contributed by atoms with E-state index in [-0.39, 0.29) is 5.91 Å². The maximum absolute atomic E-state index is 12.7. The van der Waals surface area contributed by atoms with E-state index in [1.807, 2.05) is 24.3 Å². The Kier molecular flexibility index (Phi) is 3.25. The zero-order chi connectivity index (χ0) is 16.1. The van der Waals surface area contributed by atoms with Crippen LogP contribution in [0.1, 0.15) is 42.5 Å². The first-order chi connectivity index (χ1) is 11.8. The van der Waals surface area contributed by atoms with Gasteiger partial charge in [0.1, 0.15) is 0 Å². The minimum absolute atomic E-state index is 0.0867. The first kappa shape index (κ1) is 14.3. The minimum Gasteiger partial charge on any atom is -0.349 e. The Morgan fingerprint density at radius 2 is 1.67 bits per heavy atom. The van der Waals surface area contributed by atoms with Crippen molar-refractivity contribution in [3.05, 3.63) is 42.4 Å². The van der Waals surface area contributed by atoms with Crippen LogP contribution >= 0.6 is 0 Å². The molecular weight excluding hydrogens is 298 g/mol. The molecule has 1 amide bonds. The van der Waals surface area contributed by atoms with Crippen LogP contribution in [0.15, 0.2) is 36.8 Å². The predicted molar refractivity (Wildman–Crippen MR) is 92.3 cm³/mol. The Bertz CT molecular complexity index is 707. The monoisotopic (exact) mass is 321 g/mol. The van der Waals surface area contributed by atoms with E-state index >= 15 is 0 Å². The zero-order valence-corrected chi connectivity index (χ0v) is 13.7. The largest absolute Gasteiger partial charge is 0.349 e. The number of aromatic amines is 1. The highest BCUT2D eigenvalue weighted by Gasteiger charge is 2.48. The lowest BCUT2D eigenvalue weighted by Crippen LogP contribution is -2.55. The van der Waals surface area contributed by atoms with Gasteiger partial charge in [-0.1, -0.05) is 12.1 Å². The molecule has 4 aliphatic rings. The number of aromatic nitrogens is 2. The van der Waals surface area contributed by atoms with Crippen LogP contribution in [0.4, 0.5) is 0 Å². The van der Waals surface area contributed by atoms with E-state index < -0.39 is 0 Å². The van der Waals surface area contributed by atoms with Crippen LogP contribution in [0.3, 0.4) is 0 Å². The second-order valence-electron chi connectivity index (χ2n) is 7.97. The second-order valence-corrected chi connectivity index (χ2v) is 7.97. The molecule has 1 aromatic heterocycles. The highest BCUT2D eigenvalue weighted by Crippen LogP contribution is 2.53. The van der Waals surface area contributed by atoms with Crippen molar-refractivity contribution in [3.63, 3.8) is 0 Å². The van der Waals surface area contributed by atoms with Crippen LogP contribution in [0, 0.1) is 23.7 Å². The normalized spacial score (nSPS) is 33.6. The Morgan fingerprint density at radius 3 is 2.25 bits per heavy atom. The van der Waals surface area contributed by atoms with Crippen molar-refractivity contribution >= 4 is 5.91 Å². The summed E-state index contributed by atoms with van der Waals surface area (Å²) in [5.74, 6) is 3.40. The number of H-pyrrole nitrogens is 1. The molecule has 0 aliphatic heterocycles. The summed E-state index contributed by atoms with van der Waals surface area (Å²) in [5.41, 5.74) is 2.79. The van der Waals surface area contributed by atoms with E-state index in [0.717, 1.165) is 40.5 Å². The van der Waals surface area contributed by atoms with Crippen molar-refractivity contribution in [2.45, 2.75) is 38.1 Å². The van der Waals surface area contributed by atoms with Gasteiger partial charge >= 0.3 is 0 Å². The van der Waals surface area contributed by atoms with Crippen LogP contribution in [0.25, 0.3) is 11.3 Å². The van der Waals surface area contributed by atoms with E-state index in [2.05, 4.69) is 15.3 Å². The third-order valence-corrected chi connectivity index (χ3v) is 6.48. The van der Waals surface area contributed by atoms with Gasteiger partial charge < -0.3 is 10.3 Å². The van der Waals surface area contributed by atoms with Crippen LogP contribution in [-0.4, -0.2) is 21.9 Å². The molecular formula is C20H23N3O. The average molecular weight is 321 g/mol. The summed E-state index contributed by atoms with van der Waals surface area (Å²) in [6.07, 6.45) is 10.2. The first-order valence-electron chi connectivity index (χ1n) is 9.16. The lowest BCUT2D eigenvalue weighted by Gasteiger charge is -2.54. The van der Waals surface area contributed by atoms with Gasteiger partial charge in [-0.3, -0.25) is 4.79 Å². The number of carbonyl (C=O) groups is 1. The average Bonchev–Trinajstić information content (AvgIpc) is 3.12. The van der Waals surface area contributed by atoms with Gasteiger partial charge in [0.15, 0.2) is 0 Å². The third kappa shape index (κ3) is 2.36. The molecule has 0 unspecified atom stereocenters. The summed E-state index contributed by atoms with van der Waals surface area (Å²) >= 11 is 0. The van der Waals surface area contributed by atoms with E-state index in [9.17, 15) is 4.79 Å². The summed E-state index contributed by atoms with van der Waals surface area (Å²) in [5, 5.41) is 3.37. The molecule has 2 aromatic rings. The van der Waals surface area contributed by atoms with E-state index in [1.54, 1.807) is 12.5 Å². The molecule has 4 nitrogen and oxygen atoms in total. The molecule has 4 aliphatic carbocycles. The van der Waals surface area contributed by atoms with E-state index in [1.165, 1.54) is 32.1 Å². The number of nitrogens with one attached hydrogen (secondary N) is 2. The first-order valence-corrected chi connectivity index (χ1v) is 9.16. The van der Waals surface area contributed by atoms with Gasteiger partial charge in [0.2, 0.25) is 0 Å². The molecule has 4 saturated carbocycles. The number of amides is 1. The van der Waals surface area contributed by atoms with Crippen molar-refractivity contribution in [2.75, 3.05) is 0 Å². The fourth-order valence-corrected chi connectivity index (χ4v) is 5.61. The molecule has 124 valence electrons. The number of hydrogen-bond acceptors (Lipinski definition) is 2. The predicted octanol–water partition coefficient (Wildman–Crippen LogP) is 3.63.